The Balaban J connectivity index is 1.58. The average Bonchev–Trinajstić information content (AvgIpc) is 2.89. The zero-order valence-electron chi connectivity index (χ0n) is 13.2. The summed E-state index contributed by atoms with van der Waals surface area (Å²) in [5.74, 6) is -0.0309. The van der Waals surface area contributed by atoms with E-state index in [1.54, 1.807) is 17.9 Å². The van der Waals surface area contributed by atoms with E-state index in [1.807, 2.05) is 23.1 Å². The molecule has 0 radical (unpaired) electrons. The van der Waals surface area contributed by atoms with Gasteiger partial charge in [0, 0.05) is 46.0 Å². The number of halogens is 3. The van der Waals surface area contributed by atoms with E-state index in [0.29, 0.717) is 28.8 Å². The number of rotatable bonds is 3. The van der Waals surface area contributed by atoms with Crippen molar-refractivity contribution in [3.8, 4) is 0 Å². The number of aromatic nitrogens is 2. The molecule has 1 aliphatic rings. The first-order valence-corrected chi connectivity index (χ1v) is 9.13. The van der Waals surface area contributed by atoms with E-state index >= 15 is 0 Å². The summed E-state index contributed by atoms with van der Waals surface area (Å²) < 4.78 is 2.37. The number of nitrogens with zero attached hydrogens (tertiary/aromatic N) is 4. The van der Waals surface area contributed by atoms with Crippen molar-refractivity contribution in [2.75, 3.05) is 26.2 Å². The largest absolute Gasteiger partial charge is 0.335 e. The van der Waals surface area contributed by atoms with Crippen LogP contribution in [0.4, 0.5) is 0 Å². The highest BCUT2D eigenvalue weighted by Crippen LogP contribution is 2.24. The van der Waals surface area contributed by atoms with E-state index in [-0.39, 0.29) is 5.91 Å². The van der Waals surface area contributed by atoms with Gasteiger partial charge < -0.3 is 4.90 Å². The van der Waals surface area contributed by atoms with Crippen molar-refractivity contribution < 1.29 is 4.79 Å². The van der Waals surface area contributed by atoms with Gasteiger partial charge in [0.25, 0.3) is 5.91 Å². The van der Waals surface area contributed by atoms with Gasteiger partial charge in [-0.3, -0.25) is 14.4 Å². The van der Waals surface area contributed by atoms with Gasteiger partial charge in [-0.05, 0) is 33.6 Å². The molecule has 0 spiro atoms. The third-order valence-electron chi connectivity index (χ3n) is 4.04. The second-order valence-electron chi connectivity index (χ2n) is 5.82. The Hall–Kier alpha value is -1.08. The van der Waals surface area contributed by atoms with Crippen LogP contribution in [0.5, 0.6) is 0 Å². The summed E-state index contributed by atoms with van der Waals surface area (Å²) in [6.07, 6.45) is 1.79. The minimum absolute atomic E-state index is 0.0309. The quantitative estimate of drug-likeness (QED) is 0.747. The van der Waals surface area contributed by atoms with E-state index in [9.17, 15) is 4.79 Å². The molecule has 0 atom stereocenters. The predicted octanol–water partition coefficient (Wildman–Crippen LogP) is 3.45. The van der Waals surface area contributed by atoms with Gasteiger partial charge in [-0.2, -0.15) is 5.10 Å². The molecule has 0 bridgehead atoms. The lowest BCUT2D eigenvalue weighted by Gasteiger charge is -2.34. The van der Waals surface area contributed by atoms with Crippen LogP contribution < -0.4 is 0 Å². The molecule has 0 saturated carbocycles. The van der Waals surface area contributed by atoms with Crippen LogP contribution in [0.15, 0.2) is 28.9 Å². The number of benzene rings is 1. The Labute approximate surface area is 159 Å². The minimum atomic E-state index is -0.0309. The number of carbonyl (C=O) groups excluding carboxylic acids is 1. The molecule has 8 heteroatoms. The van der Waals surface area contributed by atoms with E-state index in [2.05, 4.69) is 25.9 Å². The molecule has 1 aliphatic heterocycles. The molecular weight excluding hydrogens is 415 g/mol. The van der Waals surface area contributed by atoms with Gasteiger partial charge in [-0.1, -0.05) is 29.3 Å². The van der Waals surface area contributed by atoms with Crippen LogP contribution >= 0.6 is 39.1 Å². The lowest BCUT2D eigenvalue weighted by molar-refractivity contribution is 0.0621. The van der Waals surface area contributed by atoms with Gasteiger partial charge in [0.05, 0.1) is 14.5 Å². The molecule has 0 unspecified atom stereocenters. The molecule has 3 rings (SSSR count). The summed E-state index contributed by atoms with van der Waals surface area (Å²) in [5, 5.41) is 5.37. The second kappa shape index (κ2) is 7.44. The zero-order chi connectivity index (χ0) is 17.3. The lowest BCUT2D eigenvalue weighted by Crippen LogP contribution is -2.48. The van der Waals surface area contributed by atoms with Crippen molar-refractivity contribution in [3.63, 3.8) is 0 Å². The molecule has 2 heterocycles. The Morgan fingerprint density at radius 2 is 1.92 bits per heavy atom. The second-order valence-corrected chi connectivity index (χ2v) is 7.48. The van der Waals surface area contributed by atoms with E-state index in [1.165, 1.54) is 0 Å². The van der Waals surface area contributed by atoms with Crippen LogP contribution in [0.1, 0.15) is 16.1 Å². The standard InChI is InChI=1S/C16H17BrCl2N4O/c1-21-10-12(17)15(20-21)16(24)23-6-4-22(5-7-23)9-11-2-3-13(18)14(19)8-11/h2-3,8,10H,4-7,9H2,1H3. The summed E-state index contributed by atoms with van der Waals surface area (Å²) >= 11 is 15.4. The fraction of sp³-hybridized carbons (Fsp3) is 0.375. The molecule has 2 aromatic rings. The number of amides is 1. The van der Waals surface area contributed by atoms with Crippen molar-refractivity contribution >= 4 is 45.0 Å². The van der Waals surface area contributed by atoms with Crippen LogP contribution in [-0.4, -0.2) is 51.7 Å². The molecule has 1 aromatic heterocycles. The van der Waals surface area contributed by atoms with Crippen molar-refractivity contribution in [2.45, 2.75) is 6.54 Å². The van der Waals surface area contributed by atoms with Gasteiger partial charge in [0.1, 0.15) is 0 Å². The highest BCUT2D eigenvalue weighted by atomic mass is 79.9. The number of carbonyl (C=O) groups is 1. The third kappa shape index (κ3) is 3.94. The summed E-state index contributed by atoms with van der Waals surface area (Å²) in [6, 6.07) is 5.70. The van der Waals surface area contributed by atoms with E-state index < -0.39 is 0 Å². The summed E-state index contributed by atoms with van der Waals surface area (Å²) in [7, 11) is 1.80. The topological polar surface area (TPSA) is 41.4 Å². The lowest BCUT2D eigenvalue weighted by atomic mass is 10.2. The van der Waals surface area contributed by atoms with Crippen LogP contribution in [-0.2, 0) is 13.6 Å². The third-order valence-corrected chi connectivity index (χ3v) is 5.36. The smallest absolute Gasteiger partial charge is 0.275 e. The first-order chi connectivity index (χ1) is 11.4. The van der Waals surface area contributed by atoms with Gasteiger partial charge in [0.2, 0.25) is 0 Å². The Morgan fingerprint density at radius 1 is 1.21 bits per heavy atom. The Morgan fingerprint density at radius 3 is 2.50 bits per heavy atom. The zero-order valence-corrected chi connectivity index (χ0v) is 16.3. The van der Waals surface area contributed by atoms with Gasteiger partial charge in [0.15, 0.2) is 5.69 Å². The molecule has 1 saturated heterocycles. The molecule has 5 nitrogen and oxygen atoms in total. The van der Waals surface area contributed by atoms with Crippen LogP contribution in [0.2, 0.25) is 10.0 Å². The fourth-order valence-electron chi connectivity index (χ4n) is 2.76. The SMILES string of the molecule is Cn1cc(Br)c(C(=O)N2CCN(Cc3ccc(Cl)c(Cl)c3)CC2)n1. The Bertz CT molecular complexity index is 757. The van der Waals surface area contributed by atoms with Crippen molar-refractivity contribution in [3.05, 3.63) is 50.2 Å². The highest BCUT2D eigenvalue weighted by Gasteiger charge is 2.25. The molecule has 24 heavy (non-hydrogen) atoms. The predicted molar refractivity (Wildman–Crippen MR) is 98.6 cm³/mol. The summed E-state index contributed by atoms with van der Waals surface area (Å²) in [4.78, 5) is 16.7. The number of piperazine rings is 1. The molecule has 1 amide bonds. The summed E-state index contributed by atoms with van der Waals surface area (Å²) in [5.41, 5.74) is 1.59. The molecule has 128 valence electrons. The molecule has 1 aromatic carbocycles. The average molecular weight is 432 g/mol. The molecule has 0 N–H and O–H groups in total. The monoisotopic (exact) mass is 430 g/mol. The van der Waals surface area contributed by atoms with E-state index in [0.717, 1.165) is 29.7 Å². The fourth-order valence-corrected chi connectivity index (χ4v) is 3.63. The normalized spacial score (nSPS) is 15.8. The molecule has 0 aliphatic carbocycles. The molecule has 1 fully saturated rings. The molecular formula is C16H17BrCl2N4O. The number of hydrogen-bond donors (Lipinski definition) is 0. The van der Waals surface area contributed by atoms with Crippen molar-refractivity contribution in [1.29, 1.82) is 0 Å². The van der Waals surface area contributed by atoms with Gasteiger partial charge >= 0.3 is 0 Å². The van der Waals surface area contributed by atoms with Crippen LogP contribution in [0.25, 0.3) is 0 Å². The van der Waals surface area contributed by atoms with Gasteiger partial charge in [-0.15, -0.1) is 0 Å². The first kappa shape index (κ1) is 17.7. The first-order valence-electron chi connectivity index (χ1n) is 7.59. The van der Waals surface area contributed by atoms with Crippen LogP contribution in [0, 0.1) is 0 Å². The van der Waals surface area contributed by atoms with Crippen molar-refractivity contribution in [2.24, 2.45) is 7.05 Å². The highest BCUT2D eigenvalue weighted by molar-refractivity contribution is 9.10. The van der Waals surface area contributed by atoms with Gasteiger partial charge in [-0.25, -0.2) is 0 Å². The Kier molecular flexibility index (Phi) is 5.49. The maximum absolute atomic E-state index is 12.6. The van der Waals surface area contributed by atoms with Crippen molar-refractivity contribution in [1.82, 2.24) is 19.6 Å². The van der Waals surface area contributed by atoms with E-state index in [4.69, 9.17) is 23.2 Å². The minimum Gasteiger partial charge on any atom is -0.335 e. The van der Waals surface area contributed by atoms with Crippen LogP contribution in [0.3, 0.4) is 0 Å². The maximum atomic E-state index is 12.6. The number of hydrogen-bond acceptors (Lipinski definition) is 3. The maximum Gasteiger partial charge on any atom is 0.275 e. The summed E-state index contributed by atoms with van der Waals surface area (Å²) in [6.45, 7) is 3.80. The number of aryl methyl sites for hydroxylation is 1.